The van der Waals surface area contributed by atoms with E-state index in [2.05, 4.69) is 4.74 Å². The number of benzene rings is 2. The zero-order valence-electron chi connectivity index (χ0n) is 11.6. The molecule has 2 aromatic rings. The molecule has 2 rings (SSSR count). The minimum Gasteiger partial charge on any atom is -0.478 e. The molecule has 0 aliphatic heterocycles. The number of esters is 1. The highest BCUT2D eigenvalue weighted by Crippen LogP contribution is 2.25. The highest BCUT2D eigenvalue weighted by atomic mass is 35.5. The lowest BCUT2D eigenvalue weighted by molar-refractivity contribution is 0.0600. The quantitative estimate of drug-likeness (QED) is 0.684. The van der Waals surface area contributed by atoms with E-state index >= 15 is 0 Å². The average Bonchev–Trinajstić information content (AvgIpc) is 2.47. The summed E-state index contributed by atoms with van der Waals surface area (Å²) in [6.45, 7) is 0. The molecule has 23 heavy (non-hydrogen) atoms. The van der Waals surface area contributed by atoms with Crippen molar-refractivity contribution in [2.75, 3.05) is 7.11 Å². The first kappa shape index (κ1) is 19.6. The van der Waals surface area contributed by atoms with Crippen LogP contribution in [0.2, 0.25) is 20.1 Å². The molecule has 0 unspecified atom stereocenters. The molecule has 0 radical (unpaired) electrons. The van der Waals surface area contributed by atoms with Gasteiger partial charge >= 0.3 is 11.9 Å². The van der Waals surface area contributed by atoms with Crippen molar-refractivity contribution >= 4 is 58.3 Å². The maximum Gasteiger partial charge on any atom is 0.340 e. The lowest BCUT2D eigenvalue weighted by Gasteiger charge is -2.02. The van der Waals surface area contributed by atoms with E-state index in [0.717, 1.165) is 0 Å². The normalized spacial score (nSPS) is 9.61. The van der Waals surface area contributed by atoms with E-state index in [1.54, 1.807) is 24.3 Å². The molecule has 0 bridgehead atoms. The number of aromatic carboxylic acids is 1. The summed E-state index contributed by atoms with van der Waals surface area (Å²) in [5.74, 6) is -1.63. The fourth-order valence-electron chi connectivity index (χ4n) is 1.50. The molecule has 0 fully saturated rings. The van der Waals surface area contributed by atoms with E-state index < -0.39 is 11.9 Å². The first-order valence-corrected chi connectivity index (χ1v) is 7.50. The van der Waals surface area contributed by atoms with Gasteiger partial charge in [-0.3, -0.25) is 0 Å². The van der Waals surface area contributed by atoms with Crippen molar-refractivity contribution < 1.29 is 19.4 Å². The summed E-state index contributed by atoms with van der Waals surface area (Å²) in [7, 11) is 1.28. The SMILES string of the molecule is COC(=O)c1c(Cl)cccc1Cl.O=C(O)c1c(Cl)cccc1Cl. The van der Waals surface area contributed by atoms with Crippen LogP contribution in [0.4, 0.5) is 0 Å². The molecule has 0 amide bonds. The summed E-state index contributed by atoms with van der Waals surface area (Å²) in [4.78, 5) is 21.5. The molecule has 0 aliphatic carbocycles. The van der Waals surface area contributed by atoms with Crippen LogP contribution in [0.1, 0.15) is 20.7 Å². The van der Waals surface area contributed by atoms with Gasteiger partial charge in [0.25, 0.3) is 0 Å². The molecule has 0 atom stereocenters. The van der Waals surface area contributed by atoms with Crippen molar-refractivity contribution in [3.63, 3.8) is 0 Å². The van der Waals surface area contributed by atoms with Crippen LogP contribution < -0.4 is 0 Å². The molecule has 4 nitrogen and oxygen atoms in total. The van der Waals surface area contributed by atoms with Gasteiger partial charge in [-0.05, 0) is 24.3 Å². The third-order valence-corrected chi connectivity index (χ3v) is 3.79. The summed E-state index contributed by atoms with van der Waals surface area (Å²) < 4.78 is 4.49. The molecule has 0 saturated carbocycles. The van der Waals surface area contributed by atoms with Crippen molar-refractivity contribution in [3.8, 4) is 0 Å². The standard InChI is InChI=1S/C8H6Cl2O2.C7H4Cl2O2/c1-12-8(11)7-5(9)3-2-4-6(7)10;8-4-2-1-3-5(9)6(4)7(10)11/h2-4H,1H3;1-3H,(H,10,11). The molecule has 0 aromatic heterocycles. The number of hydrogen-bond acceptors (Lipinski definition) is 3. The lowest BCUT2D eigenvalue weighted by Crippen LogP contribution is -2.02. The number of methoxy groups -OCH3 is 1. The monoisotopic (exact) mass is 394 g/mol. The first-order valence-electron chi connectivity index (χ1n) is 5.99. The second-order valence-corrected chi connectivity index (χ2v) is 5.62. The van der Waals surface area contributed by atoms with E-state index in [1.165, 1.54) is 19.2 Å². The highest BCUT2D eigenvalue weighted by molar-refractivity contribution is 6.39. The number of carboxylic acid groups (broad SMARTS) is 1. The maximum absolute atomic E-state index is 11.1. The van der Waals surface area contributed by atoms with Crippen LogP contribution in [0, 0.1) is 0 Å². The fourth-order valence-corrected chi connectivity index (χ4v) is 2.61. The smallest absolute Gasteiger partial charge is 0.340 e. The topological polar surface area (TPSA) is 63.6 Å². The van der Waals surface area contributed by atoms with Gasteiger partial charge in [0.1, 0.15) is 0 Å². The van der Waals surface area contributed by atoms with Crippen LogP contribution in [0.3, 0.4) is 0 Å². The van der Waals surface area contributed by atoms with E-state index in [0.29, 0.717) is 10.0 Å². The zero-order chi connectivity index (χ0) is 17.6. The third kappa shape index (κ3) is 5.29. The van der Waals surface area contributed by atoms with Gasteiger partial charge in [-0.15, -0.1) is 0 Å². The number of halogens is 4. The van der Waals surface area contributed by atoms with Crippen LogP contribution in [-0.2, 0) is 4.74 Å². The Hall–Kier alpha value is -1.46. The highest BCUT2D eigenvalue weighted by Gasteiger charge is 2.14. The van der Waals surface area contributed by atoms with Crippen molar-refractivity contribution in [2.24, 2.45) is 0 Å². The molecule has 1 N–H and O–H groups in total. The number of carbonyl (C=O) groups is 2. The van der Waals surface area contributed by atoms with Crippen LogP contribution in [0.15, 0.2) is 36.4 Å². The Morgan fingerprint density at radius 3 is 1.43 bits per heavy atom. The van der Waals surface area contributed by atoms with E-state index in [-0.39, 0.29) is 21.2 Å². The van der Waals surface area contributed by atoms with Gasteiger partial charge in [0.15, 0.2) is 0 Å². The molecule has 2 aromatic carbocycles. The predicted octanol–water partition coefficient (Wildman–Crippen LogP) is 5.47. The van der Waals surface area contributed by atoms with Gasteiger partial charge in [-0.2, -0.15) is 0 Å². The maximum atomic E-state index is 11.1. The van der Waals surface area contributed by atoms with Gasteiger partial charge in [0.05, 0.1) is 38.3 Å². The Balaban J connectivity index is 0.000000231. The number of hydrogen-bond donors (Lipinski definition) is 1. The van der Waals surface area contributed by atoms with E-state index in [9.17, 15) is 9.59 Å². The lowest BCUT2D eigenvalue weighted by atomic mass is 10.2. The van der Waals surface area contributed by atoms with Gasteiger partial charge < -0.3 is 9.84 Å². The third-order valence-electron chi connectivity index (χ3n) is 2.53. The summed E-state index contributed by atoms with van der Waals surface area (Å²) >= 11 is 22.6. The molecule has 122 valence electrons. The Morgan fingerprint density at radius 1 is 0.826 bits per heavy atom. The average molecular weight is 396 g/mol. The molecular weight excluding hydrogens is 386 g/mol. The second-order valence-electron chi connectivity index (χ2n) is 3.99. The van der Waals surface area contributed by atoms with E-state index in [4.69, 9.17) is 51.5 Å². The Bertz CT molecular complexity index is 691. The number of carboxylic acids is 1. The molecule has 0 aliphatic rings. The first-order chi connectivity index (χ1) is 10.8. The molecule has 0 spiro atoms. The minimum absolute atomic E-state index is 0.0455. The molecule has 0 heterocycles. The summed E-state index contributed by atoms with van der Waals surface area (Å²) in [5.41, 5.74) is 0.166. The van der Waals surface area contributed by atoms with E-state index in [1.807, 2.05) is 0 Å². The summed E-state index contributed by atoms with van der Waals surface area (Å²) in [6, 6.07) is 9.39. The fraction of sp³-hybridized carbons (Fsp3) is 0.0667. The van der Waals surface area contributed by atoms with Gasteiger partial charge in [0.2, 0.25) is 0 Å². The summed E-state index contributed by atoms with van der Waals surface area (Å²) in [6.07, 6.45) is 0. The summed E-state index contributed by atoms with van der Waals surface area (Å²) in [5, 5.41) is 9.49. The Morgan fingerprint density at radius 2 is 1.17 bits per heavy atom. The molecular formula is C15H10Cl4O4. The largest absolute Gasteiger partial charge is 0.478 e. The number of rotatable bonds is 2. The van der Waals surface area contributed by atoms with Crippen LogP contribution in [-0.4, -0.2) is 24.2 Å². The van der Waals surface area contributed by atoms with Crippen molar-refractivity contribution in [2.45, 2.75) is 0 Å². The van der Waals surface area contributed by atoms with Crippen molar-refractivity contribution in [3.05, 3.63) is 67.6 Å². The van der Waals surface area contributed by atoms with Crippen LogP contribution in [0.25, 0.3) is 0 Å². The Kier molecular flexibility index (Phi) is 7.65. The van der Waals surface area contributed by atoms with Crippen molar-refractivity contribution in [1.29, 1.82) is 0 Å². The second kappa shape index (κ2) is 8.99. The zero-order valence-corrected chi connectivity index (χ0v) is 14.7. The molecule has 8 heteroatoms. The molecule has 0 saturated heterocycles. The van der Waals surface area contributed by atoms with Crippen molar-refractivity contribution in [1.82, 2.24) is 0 Å². The van der Waals surface area contributed by atoms with Crippen LogP contribution in [0.5, 0.6) is 0 Å². The Labute approximate surface area is 152 Å². The van der Waals surface area contributed by atoms with Crippen LogP contribution >= 0.6 is 46.4 Å². The number of ether oxygens (including phenoxy) is 1. The van der Waals surface area contributed by atoms with Gasteiger partial charge in [-0.1, -0.05) is 58.5 Å². The number of carbonyl (C=O) groups excluding carboxylic acids is 1. The van der Waals surface area contributed by atoms with Gasteiger partial charge in [-0.25, -0.2) is 9.59 Å². The predicted molar refractivity (Wildman–Crippen MR) is 91.2 cm³/mol. The minimum atomic E-state index is -1.11. The van der Waals surface area contributed by atoms with Gasteiger partial charge in [0, 0.05) is 0 Å².